The van der Waals surface area contributed by atoms with Crippen molar-refractivity contribution in [1.29, 1.82) is 0 Å². The maximum absolute atomic E-state index is 14.5. The molecule has 0 aliphatic carbocycles. The predicted octanol–water partition coefficient (Wildman–Crippen LogP) is 4.40. The first-order valence-corrected chi connectivity index (χ1v) is 11.3. The summed E-state index contributed by atoms with van der Waals surface area (Å²) in [6.07, 6.45) is 2.38. The number of hydrogen-bond donors (Lipinski definition) is 0. The van der Waals surface area contributed by atoms with E-state index in [0.29, 0.717) is 30.3 Å². The monoisotopic (exact) mass is 449 g/mol. The Morgan fingerprint density at radius 1 is 1.23 bits per heavy atom. The quantitative estimate of drug-likeness (QED) is 0.692. The summed E-state index contributed by atoms with van der Waals surface area (Å²) in [4.78, 5) is 17.6. The molecule has 0 N–H and O–H groups in total. The first-order valence-electron chi connectivity index (χ1n) is 10.9. The second kappa shape index (κ2) is 9.27. The first-order chi connectivity index (χ1) is 14.8. The largest absolute Gasteiger partial charge is 0.373 e. The number of aromatic nitrogens is 1. The zero-order valence-electron chi connectivity index (χ0n) is 18.2. The lowest BCUT2D eigenvalue weighted by molar-refractivity contribution is -0.0728. The van der Waals surface area contributed by atoms with Gasteiger partial charge in [-0.1, -0.05) is 22.8 Å². The fourth-order valence-electron chi connectivity index (χ4n) is 4.79. The molecule has 2 aromatic rings. The Labute approximate surface area is 187 Å². The molecule has 2 saturated heterocycles. The van der Waals surface area contributed by atoms with E-state index in [0.717, 1.165) is 32.5 Å². The Morgan fingerprint density at radius 3 is 2.55 bits per heavy atom. The summed E-state index contributed by atoms with van der Waals surface area (Å²) in [5.74, 6) is 0.214. The zero-order chi connectivity index (χ0) is 22.1. The zero-order valence-corrected chi connectivity index (χ0v) is 19.0. The summed E-state index contributed by atoms with van der Waals surface area (Å²) in [6, 6.07) is 4.41. The number of halogens is 2. The van der Waals surface area contributed by atoms with E-state index in [2.05, 4.69) is 23.9 Å². The third kappa shape index (κ3) is 4.78. The lowest BCUT2D eigenvalue weighted by atomic mass is 9.94. The van der Waals surface area contributed by atoms with Gasteiger partial charge in [0.15, 0.2) is 0 Å². The SMILES string of the molecule is Cc1onc(-c2c(F)cccc2Cl)c1C(=O)N1CCC(CN2CC(C)OC(C)C2)CC1. The molecule has 168 valence electrons. The summed E-state index contributed by atoms with van der Waals surface area (Å²) < 4.78 is 25.6. The van der Waals surface area contributed by atoms with Crippen LogP contribution in [0.5, 0.6) is 0 Å². The number of rotatable bonds is 4. The number of likely N-dealkylation sites (tertiary alicyclic amines) is 1. The molecule has 1 aromatic carbocycles. The van der Waals surface area contributed by atoms with Crippen LogP contribution in [0.4, 0.5) is 4.39 Å². The number of piperidine rings is 1. The summed E-state index contributed by atoms with van der Waals surface area (Å²) >= 11 is 6.21. The molecule has 31 heavy (non-hydrogen) atoms. The van der Waals surface area contributed by atoms with Crippen LogP contribution in [0.1, 0.15) is 42.8 Å². The molecule has 6 nitrogen and oxygen atoms in total. The maximum atomic E-state index is 14.5. The maximum Gasteiger partial charge on any atom is 0.259 e. The van der Waals surface area contributed by atoms with Crippen LogP contribution < -0.4 is 0 Å². The van der Waals surface area contributed by atoms with Gasteiger partial charge in [0, 0.05) is 32.7 Å². The fourth-order valence-corrected chi connectivity index (χ4v) is 5.05. The minimum absolute atomic E-state index is 0.106. The molecule has 2 unspecified atom stereocenters. The number of amides is 1. The van der Waals surface area contributed by atoms with Crippen LogP contribution in [0.25, 0.3) is 11.3 Å². The highest BCUT2D eigenvalue weighted by Gasteiger charge is 2.32. The normalized spacial score (nSPS) is 23.3. The highest BCUT2D eigenvalue weighted by molar-refractivity contribution is 6.33. The Morgan fingerprint density at radius 2 is 1.90 bits per heavy atom. The van der Waals surface area contributed by atoms with Crippen molar-refractivity contribution in [2.45, 2.75) is 45.8 Å². The van der Waals surface area contributed by atoms with E-state index < -0.39 is 5.82 Å². The summed E-state index contributed by atoms with van der Waals surface area (Å²) in [5, 5.41) is 4.17. The van der Waals surface area contributed by atoms with Gasteiger partial charge in [0.05, 0.1) is 22.8 Å². The first kappa shape index (κ1) is 22.2. The Hall–Kier alpha value is -1.96. The average molecular weight is 450 g/mol. The van der Waals surface area contributed by atoms with E-state index in [1.54, 1.807) is 13.0 Å². The van der Waals surface area contributed by atoms with Crippen LogP contribution in [0.2, 0.25) is 5.02 Å². The van der Waals surface area contributed by atoms with Crippen LogP contribution in [0, 0.1) is 18.7 Å². The van der Waals surface area contributed by atoms with Gasteiger partial charge in [-0.3, -0.25) is 9.69 Å². The van der Waals surface area contributed by atoms with E-state index >= 15 is 0 Å². The number of ether oxygens (including phenoxy) is 1. The highest BCUT2D eigenvalue weighted by Crippen LogP contribution is 2.34. The van der Waals surface area contributed by atoms with Crippen LogP contribution >= 0.6 is 11.6 Å². The van der Waals surface area contributed by atoms with E-state index in [4.69, 9.17) is 20.9 Å². The van der Waals surface area contributed by atoms with Crippen LogP contribution in [-0.2, 0) is 4.74 Å². The number of aryl methyl sites for hydroxylation is 1. The lowest BCUT2D eigenvalue weighted by Gasteiger charge is -2.39. The van der Waals surface area contributed by atoms with E-state index in [9.17, 15) is 9.18 Å². The third-order valence-electron chi connectivity index (χ3n) is 6.19. The van der Waals surface area contributed by atoms with Gasteiger partial charge in [-0.2, -0.15) is 0 Å². The van der Waals surface area contributed by atoms with Gasteiger partial charge in [0.2, 0.25) is 0 Å². The minimum atomic E-state index is -0.525. The smallest absolute Gasteiger partial charge is 0.259 e. The van der Waals surface area contributed by atoms with Gasteiger partial charge in [-0.25, -0.2) is 4.39 Å². The van der Waals surface area contributed by atoms with E-state index in [1.165, 1.54) is 12.1 Å². The van der Waals surface area contributed by atoms with Crippen LogP contribution in [0.15, 0.2) is 22.7 Å². The second-order valence-electron chi connectivity index (χ2n) is 8.77. The van der Waals surface area contributed by atoms with Crippen molar-refractivity contribution < 1.29 is 18.4 Å². The molecular weight excluding hydrogens is 421 g/mol. The lowest BCUT2D eigenvalue weighted by Crippen LogP contribution is -2.48. The van der Waals surface area contributed by atoms with Gasteiger partial charge in [-0.15, -0.1) is 0 Å². The van der Waals surface area contributed by atoms with Crippen LogP contribution in [-0.4, -0.2) is 65.8 Å². The van der Waals surface area contributed by atoms with E-state index in [-0.39, 0.29) is 34.4 Å². The van der Waals surface area contributed by atoms with Crippen molar-refractivity contribution in [1.82, 2.24) is 15.0 Å². The predicted molar refractivity (Wildman–Crippen MR) is 117 cm³/mol. The number of hydrogen-bond acceptors (Lipinski definition) is 5. The number of carbonyl (C=O) groups is 1. The second-order valence-corrected chi connectivity index (χ2v) is 9.18. The molecule has 2 aliphatic rings. The molecule has 8 heteroatoms. The van der Waals surface area contributed by atoms with Crippen molar-refractivity contribution in [3.8, 4) is 11.3 Å². The van der Waals surface area contributed by atoms with Gasteiger partial charge in [0.25, 0.3) is 5.91 Å². The van der Waals surface area contributed by atoms with Gasteiger partial charge in [0.1, 0.15) is 22.8 Å². The Kier molecular flexibility index (Phi) is 6.65. The topological polar surface area (TPSA) is 58.8 Å². The molecule has 2 atom stereocenters. The molecule has 3 heterocycles. The number of morpholine rings is 1. The Balaban J connectivity index is 1.44. The molecular formula is C23H29ClFN3O3. The molecule has 1 amide bonds. The highest BCUT2D eigenvalue weighted by atomic mass is 35.5. The summed E-state index contributed by atoms with van der Waals surface area (Å²) in [5.41, 5.74) is 0.570. The molecule has 2 aliphatic heterocycles. The molecule has 0 radical (unpaired) electrons. The van der Waals surface area contributed by atoms with Crippen molar-refractivity contribution in [2.24, 2.45) is 5.92 Å². The summed E-state index contributed by atoms with van der Waals surface area (Å²) in [7, 11) is 0. The summed E-state index contributed by atoms with van der Waals surface area (Å²) in [6.45, 7) is 10.2. The van der Waals surface area contributed by atoms with Gasteiger partial charge in [-0.05, 0) is 51.7 Å². The molecule has 1 aromatic heterocycles. The van der Waals surface area contributed by atoms with Gasteiger partial charge >= 0.3 is 0 Å². The van der Waals surface area contributed by atoms with Crippen molar-refractivity contribution in [3.63, 3.8) is 0 Å². The molecule has 0 spiro atoms. The van der Waals surface area contributed by atoms with Crippen molar-refractivity contribution >= 4 is 17.5 Å². The third-order valence-corrected chi connectivity index (χ3v) is 6.50. The molecule has 0 saturated carbocycles. The molecule has 2 fully saturated rings. The number of nitrogens with zero attached hydrogens (tertiary/aromatic N) is 3. The van der Waals surface area contributed by atoms with E-state index in [1.807, 2.05) is 4.90 Å². The molecule has 0 bridgehead atoms. The van der Waals surface area contributed by atoms with Crippen molar-refractivity contribution in [2.75, 3.05) is 32.7 Å². The van der Waals surface area contributed by atoms with Gasteiger partial charge < -0.3 is 14.2 Å². The van der Waals surface area contributed by atoms with Crippen molar-refractivity contribution in [3.05, 3.63) is 40.4 Å². The van der Waals surface area contributed by atoms with Crippen LogP contribution in [0.3, 0.4) is 0 Å². The fraction of sp³-hybridized carbons (Fsp3) is 0.565. The standard InChI is InChI=1S/C23H29ClFN3O3/c1-14-11-27(12-15(2)30-14)13-17-7-9-28(10-8-17)23(29)20-16(3)31-26-22(20)21-18(24)5-4-6-19(21)25/h4-6,14-15,17H,7-13H2,1-3H3. The average Bonchev–Trinajstić information content (AvgIpc) is 3.08. The minimum Gasteiger partial charge on any atom is -0.373 e. The Bertz CT molecular complexity index is 912. The molecule has 4 rings (SSSR count). The number of carbonyl (C=O) groups excluding carboxylic acids is 1. The number of benzene rings is 1.